The van der Waals surface area contributed by atoms with Crippen molar-refractivity contribution in [2.24, 2.45) is 4.99 Å². The first-order valence-electron chi connectivity index (χ1n) is 8.92. The van der Waals surface area contributed by atoms with Gasteiger partial charge in [-0.2, -0.15) is 0 Å². The summed E-state index contributed by atoms with van der Waals surface area (Å²) in [6.45, 7) is -0.111. The zero-order valence-corrected chi connectivity index (χ0v) is 18.1. The normalized spacial score (nSPS) is 15.0. The minimum absolute atomic E-state index is 0.111. The Balaban J connectivity index is 1.48. The number of halogens is 2. The molecule has 152 valence electrons. The third-order valence-electron chi connectivity index (χ3n) is 4.50. The largest absolute Gasteiger partial charge is 0.497 e. The van der Waals surface area contributed by atoms with Gasteiger partial charge in [-0.25, -0.2) is 14.7 Å². The Hall–Kier alpha value is -2.71. The minimum atomic E-state index is -0.371. The maximum absolute atomic E-state index is 12.9. The van der Waals surface area contributed by atoms with E-state index < -0.39 is 0 Å². The van der Waals surface area contributed by atoms with Crippen LogP contribution in [0, 0.1) is 0 Å². The lowest BCUT2D eigenvalue weighted by molar-refractivity contribution is -0.694. The summed E-state index contributed by atoms with van der Waals surface area (Å²) in [5.74, 6) is 0.192. The number of aliphatic imine (C=N–C) groups is 1. The molecule has 0 fully saturated rings. The molecule has 6 nitrogen and oxygen atoms in total. The number of hydrogen-bond donors (Lipinski definition) is 2. The summed E-state index contributed by atoms with van der Waals surface area (Å²) in [5.41, 5.74) is 1.97. The zero-order valence-electron chi connectivity index (χ0n) is 15.7. The molecule has 1 aromatic heterocycles. The van der Waals surface area contributed by atoms with E-state index >= 15 is 0 Å². The smallest absolute Gasteiger partial charge is 0.362 e. The van der Waals surface area contributed by atoms with E-state index in [2.05, 4.69) is 10.3 Å². The van der Waals surface area contributed by atoms with Crippen molar-refractivity contribution in [2.45, 2.75) is 0 Å². The van der Waals surface area contributed by atoms with Crippen LogP contribution in [0.15, 0.2) is 53.5 Å². The van der Waals surface area contributed by atoms with Gasteiger partial charge < -0.3 is 10.1 Å². The number of methoxy groups -OCH3 is 1. The number of carbonyl (C=O) groups is 2. The monoisotopic (exact) mass is 460 g/mol. The number of amides is 2. The number of carbonyl (C=O) groups excluding carboxylic acids is 2. The molecule has 30 heavy (non-hydrogen) atoms. The number of thiophene rings is 1. The molecule has 0 aliphatic carbocycles. The van der Waals surface area contributed by atoms with Gasteiger partial charge in [-0.1, -0.05) is 23.2 Å². The molecule has 1 unspecified atom stereocenters. The van der Waals surface area contributed by atoms with E-state index in [1.165, 1.54) is 17.7 Å². The second-order valence-corrected chi connectivity index (χ2v) is 8.41. The fourth-order valence-electron chi connectivity index (χ4n) is 2.98. The predicted molar refractivity (Wildman–Crippen MR) is 120 cm³/mol. The number of nitrogens with zero attached hydrogens (tertiary/aromatic N) is 1. The fraction of sp³-hybridized carbons (Fsp3) is 0.0952. The highest BCUT2D eigenvalue weighted by Crippen LogP contribution is 2.37. The van der Waals surface area contributed by atoms with Gasteiger partial charge in [-0.05, 0) is 54.1 Å². The number of nitrogens with one attached hydrogen (secondary N) is 2. The molecule has 0 saturated carbocycles. The summed E-state index contributed by atoms with van der Waals surface area (Å²) < 4.78 is 5.18. The van der Waals surface area contributed by atoms with Gasteiger partial charge in [-0.15, -0.1) is 11.3 Å². The van der Waals surface area contributed by atoms with E-state index in [4.69, 9.17) is 27.9 Å². The number of rotatable bonds is 5. The van der Waals surface area contributed by atoms with Crippen molar-refractivity contribution in [2.75, 3.05) is 19.0 Å². The van der Waals surface area contributed by atoms with E-state index in [9.17, 15) is 9.59 Å². The lowest BCUT2D eigenvalue weighted by atomic mass is 10.1. The Bertz CT molecular complexity index is 1160. The molecule has 2 N–H and O–H groups in total. The molecule has 0 saturated heterocycles. The van der Waals surface area contributed by atoms with Gasteiger partial charge in [0.2, 0.25) is 0 Å². The Morgan fingerprint density at radius 2 is 1.93 bits per heavy atom. The van der Waals surface area contributed by atoms with E-state index in [-0.39, 0.29) is 18.4 Å². The quantitative estimate of drug-likeness (QED) is 0.602. The van der Waals surface area contributed by atoms with Gasteiger partial charge in [0, 0.05) is 9.90 Å². The van der Waals surface area contributed by atoms with Crippen molar-refractivity contribution >= 4 is 64.1 Å². The summed E-state index contributed by atoms with van der Waals surface area (Å²) in [4.78, 5) is 31.5. The van der Waals surface area contributed by atoms with Crippen LogP contribution in [-0.2, 0) is 4.79 Å². The molecule has 3 aromatic rings. The van der Waals surface area contributed by atoms with Crippen molar-refractivity contribution in [3.63, 3.8) is 0 Å². The Kier molecular flexibility index (Phi) is 5.87. The van der Waals surface area contributed by atoms with Crippen molar-refractivity contribution in [1.82, 2.24) is 0 Å². The second kappa shape index (κ2) is 8.57. The molecule has 1 atom stereocenters. The van der Waals surface area contributed by atoms with E-state index in [1.807, 2.05) is 30.3 Å². The molecule has 1 aliphatic rings. The van der Waals surface area contributed by atoms with Gasteiger partial charge in [-0.3, -0.25) is 4.79 Å². The molecule has 1 aliphatic heterocycles. The zero-order chi connectivity index (χ0) is 21.3. The number of ether oxygens (including phenoxy) is 1. The maximum atomic E-state index is 12.9. The average molecular weight is 461 g/mol. The maximum Gasteiger partial charge on any atom is 0.362 e. The summed E-state index contributed by atoms with van der Waals surface area (Å²) in [6.07, 6.45) is 1.45. The third-order valence-corrected chi connectivity index (χ3v) is 6.23. The van der Waals surface area contributed by atoms with E-state index in [0.717, 1.165) is 16.2 Å². The number of anilines is 1. The van der Waals surface area contributed by atoms with Gasteiger partial charge in [0.05, 0.1) is 23.5 Å². The van der Waals surface area contributed by atoms with Gasteiger partial charge >= 0.3 is 5.91 Å². The van der Waals surface area contributed by atoms with E-state index in [0.29, 0.717) is 31.2 Å². The highest BCUT2D eigenvalue weighted by molar-refractivity contribution is 7.18. The summed E-state index contributed by atoms with van der Waals surface area (Å²) in [6, 6.07) is 14.2. The first kappa shape index (κ1) is 20.6. The molecular weight excluding hydrogens is 445 g/mol. The van der Waals surface area contributed by atoms with Crippen LogP contribution in [0.1, 0.15) is 9.67 Å². The van der Waals surface area contributed by atoms with Gasteiger partial charge in [0.25, 0.3) is 5.91 Å². The topological polar surface area (TPSA) is 72.2 Å². The van der Waals surface area contributed by atoms with Crippen LogP contribution in [-0.4, -0.2) is 31.8 Å². The number of benzene rings is 2. The average Bonchev–Trinajstić information content (AvgIpc) is 3.18. The summed E-state index contributed by atoms with van der Waals surface area (Å²) >= 11 is 13.4. The first-order valence-corrected chi connectivity index (χ1v) is 10.5. The fourth-order valence-corrected chi connectivity index (χ4v) is 4.40. The molecule has 0 spiro atoms. The Labute approximate surface area is 186 Å². The van der Waals surface area contributed by atoms with Crippen molar-refractivity contribution < 1.29 is 19.2 Å². The highest BCUT2D eigenvalue weighted by Gasteiger charge is 2.31. The Morgan fingerprint density at radius 3 is 2.67 bits per heavy atom. The predicted octanol–water partition coefficient (Wildman–Crippen LogP) is 4.07. The molecule has 2 heterocycles. The molecule has 0 radical (unpaired) electrons. The molecule has 2 amide bonds. The molecule has 9 heteroatoms. The van der Waals surface area contributed by atoms with Crippen LogP contribution in [0.5, 0.6) is 5.75 Å². The SMILES string of the molecule is COc1ccc(-c2cc3c(s2)C(=O)[NH+](CC(=O)Nc2cc(Cl)ccc2Cl)C=N3)cc1. The standard InChI is InChI=1S/C21H15Cl2N3O3S/c1-29-14-5-2-12(3-6-14)18-9-17-20(30-18)21(28)26(11-24-17)10-19(27)25-16-8-13(22)4-7-15(16)23/h2-9,11H,10H2,1H3,(H,25,27)/p+1. The summed E-state index contributed by atoms with van der Waals surface area (Å²) in [7, 11) is 1.61. The van der Waals surface area contributed by atoms with Gasteiger partial charge in [0.1, 0.15) is 5.75 Å². The van der Waals surface area contributed by atoms with Crippen LogP contribution >= 0.6 is 34.5 Å². The number of quaternary nitrogens is 1. The van der Waals surface area contributed by atoms with Crippen LogP contribution < -0.4 is 15.0 Å². The van der Waals surface area contributed by atoms with Crippen LogP contribution in [0.2, 0.25) is 10.0 Å². The lowest BCUT2D eigenvalue weighted by Crippen LogP contribution is -3.15. The second-order valence-electron chi connectivity index (χ2n) is 6.52. The highest BCUT2D eigenvalue weighted by atomic mass is 35.5. The van der Waals surface area contributed by atoms with Crippen LogP contribution in [0.4, 0.5) is 11.4 Å². The summed E-state index contributed by atoms with van der Waals surface area (Å²) in [5, 5.41) is 3.50. The van der Waals surface area contributed by atoms with Crippen molar-refractivity contribution in [3.05, 3.63) is 63.5 Å². The van der Waals surface area contributed by atoms with E-state index in [1.54, 1.807) is 25.3 Å². The third kappa shape index (κ3) is 4.24. The Morgan fingerprint density at radius 1 is 1.17 bits per heavy atom. The van der Waals surface area contributed by atoms with Crippen LogP contribution in [0.3, 0.4) is 0 Å². The van der Waals surface area contributed by atoms with Crippen LogP contribution in [0.25, 0.3) is 10.4 Å². The minimum Gasteiger partial charge on any atom is -0.497 e. The number of hydrogen-bond acceptors (Lipinski definition) is 5. The molecular formula is C21H16Cl2N3O3S+. The molecule has 4 rings (SSSR count). The molecule has 0 bridgehead atoms. The van der Waals surface area contributed by atoms with Crippen molar-refractivity contribution in [3.8, 4) is 16.2 Å². The number of fused-ring (bicyclic) bond motifs is 1. The first-order chi connectivity index (χ1) is 14.4. The lowest BCUT2D eigenvalue weighted by Gasteiger charge is -2.14. The van der Waals surface area contributed by atoms with Crippen molar-refractivity contribution in [1.29, 1.82) is 0 Å². The van der Waals surface area contributed by atoms with Gasteiger partial charge in [0.15, 0.2) is 17.8 Å². The molecule has 2 aromatic carbocycles.